The van der Waals surface area contributed by atoms with Crippen LogP contribution in [0.25, 0.3) is 33.3 Å². The molecule has 5 aromatic carbocycles. The summed E-state index contributed by atoms with van der Waals surface area (Å²) in [4.78, 5) is 0. The number of aromatic nitrogens is 1. The first-order chi connectivity index (χ1) is 17.7. The molecule has 1 aliphatic rings. The third kappa shape index (κ3) is 2.74. The number of benzene rings is 5. The molecule has 0 saturated carbocycles. The van der Waals surface area contributed by atoms with Crippen molar-refractivity contribution in [2.75, 3.05) is 11.6 Å². The first-order valence-electron chi connectivity index (χ1n) is 12.2. The summed E-state index contributed by atoms with van der Waals surface area (Å²) in [6.45, 7) is 0. The highest BCUT2D eigenvalue weighted by atomic mass is 15.3. The lowest BCUT2D eigenvalue weighted by Gasteiger charge is -2.34. The Balaban J connectivity index is 1.46. The van der Waals surface area contributed by atoms with Crippen LogP contribution in [0.4, 0.5) is 5.69 Å². The third-order valence-electron chi connectivity index (χ3n) is 7.64. The Morgan fingerprint density at radius 1 is 0.556 bits per heavy atom. The molecule has 0 radical (unpaired) electrons. The van der Waals surface area contributed by atoms with Gasteiger partial charge in [0.05, 0.1) is 16.6 Å². The molecule has 1 aliphatic carbocycles. The zero-order chi connectivity index (χ0) is 24.3. The molecule has 172 valence electrons. The second kappa shape index (κ2) is 7.62. The SMILES string of the molecule is Nc1ccc2cc(-c3ccc(C4(c5ccccc5)c5ccccc5-c5ccccc54)cc3)n(N)c2c1. The molecule has 0 bridgehead atoms. The number of hydrogen-bond donors (Lipinski definition) is 2. The molecule has 4 N–H and O–H groups in total. The van der Waals surface area contributed by atoms with Gasteiger partial charge in [-0.2, -0.15) is 0 Å². The molecule has 3 nitrogen and oxygen atoms in total. The number of nitrogens with two attached hydrogens (primary N) is 2. The van der Waals surface area contributed by atoms with Crippen LogP contribution in [0.15, 0.2) is 127 Å². The molecule has 1 heterocycles. The highest BCUT2D eigenvalue weighted by molar-refractivity contribution is 5.90. The lowest BCUT2D eigenvalue weighted by atomic mass is 9.67. The fourth-order valence-electron chi connectivity index (χ4n) is 6.06. The monoisotopic (exact) mass is 463 g/mol. The molecule has 6 aromatic rings. The Hall–Kier alpha value is -4.76. The van der Waals surface area contributed by atoms with Crippen molar-refractivity contribution >= 4 is 16.6 Å². The summed E-state index contributed by atoms with van der Waals surface area (Å²) in [5.74, 6) is 6.50. The summed E-state index contributed by atoms with van der Waals surface area (Å²) in [6.07, 6.45) is 0. The smallest absolute Gasteiger partial charge is 0.0718 e. The van der Waals surface area contributed by atoms with Crippen molar-refractivity contribution < 1.29 is 0 Å². The minimum atomic E-state index is -0.392. The van der Waals surface area contributed by atoms with Crippen LogP contribution < -0.4 is 11.6 Å². The standard InChI is InChI=1S/C33H25N3/c34-26-19-16-23-20-31(36(35)32(23)21-26)22-14-17-25(18-15-22)33(24-8-2-1-3-9-24)29-12-6-4-10-27(29)28-11-5-7-13-30(28)33/h1-21H,34-35H2. The molecule has 0 fully saturated rings. The lowest BCUT2D eigenvalue weighted by molar-refractivity contribution is 0.768. The second-order valence-electron chi connectivity index (χ2n) is 9.50. The van der Waals surface area contributed by atoms with E-state index >= 15 is 0 Å². The van der Waals surface area contributed by atoms with E-state index in [0.717, 1.165) is 22.2 Å². The minimum absolute atomic E-state index is 0.392. The van der Waals surface area contributed by atoms with E-state index in [2.05, 4.69) is 109 Å². The first kappa shape index (κ1) is 20.6. The molecule has 3 heteroatoms. The Labute approximate surface area is 210 Å². The van der Waals surface area contributed by atoms with E-state index in [1.807, 2.05) is 18.2 Å². The van der Waals surface area contributed by atoms with E-state index in [1.165, 1.54) is 33.4 Å². The maximum Gasteiger partial charge on any atom is 0.0718 e. The fourth-order valence-corrected chi connectivity index (χ4v) is 6.06. The summed E-state index contributed by atoms with van der Waals surface area (Å²) in [5.41, 5.74) is 17.0. The number of hydrogen-bond acceptors (Lipinski definition) is 2. The van der Waals surface area contributed by atoms with Crippen molar-refractivity contribution in [3.05, 3.63) is 150 Å². The van der Waals surface area contributed by atoms with Gasteiger partial charge in [-0.05, 0) is 51.6 Å². The summed E-state index contributed by atoms with van der Waals surface area (Å²) in [6, 6.07) is 45.3. The predicted octanol–water partition coefficient (Wildman–Crippen LogP) is 6.97. The van der Waals surface area contributed by atoms with E-state index in [9.17, 15) is 0 Å². The van der Waals surface area contributed by atoms with Crippen molar-refractivity contribution in [1.82, 2.24) is 4.68 Å². The number of fused-ring (bicyclic) bond motifs is 4. The number of anilines is 1. The average molecular weight is 464 g/mol. The maximum atomic E-state index is 6.50. The molecule has 0 atom stereocenters. The zero-order valence-corrected chi connectivity index (χ0v) is 19.7. The topological polar surface area (TPSA) is 57.0 Å². The highest BCUT2D eigenvalue weighted by Crippen LogP contribution is 2.56. The Bertz CT molecular complexity index is 1700. The minimum Gasteiger partial charge on any atom is -0.399 e. The van der Waals surface area contributed by atoms with E-state index < -0.39 is 5.41 Å². The predicted molar refractivity (Wildman–Crippen MR) is 149 cm³/mol. The number of nitrogen functional groups attached to an aromatic ring is 2. The van der Waals surface area contributed by atoms with Crippen molar-refractivity contribution in [2.24, 2.45) is 0 Å². The number of nitrogens with zero attached hydrogens (tertiary/aromatic N) is 1. The van der Waals surface area contributed by atoms with Gasteiger partial charge in [-0.25, -0.2) is 0 Å². The van der Waals surface area contributed by atoms with E-state index in [1.54, 1.807) is 4.68 Å². The lowest BCUT2D eigenvalue weighted by Crippen LogP contribution is -2.28. The molecular weight excluding hydrogens is 438 g/mol. The Kier molecular flexibility index (Phi) is 4.36. The fraction of sp³-hybridized carbons (Fsp3) is 0.0303. The molecule has 36 heavy (non-hydrogen) atoms. The zero-order valence-electron chi connectivity index (χ0n) is 19.7. The molecule has 1 aromatic heterocycles. The first-order valence-corrected chi connectivity index (χ1v) is 12.2. The summed E-state index contributed by atoms with van der Waals surface area (Å²) < 4.78 is 1.73. The van der Waals surface area contributed by atoms with Gasteiger partial charge in [0.1, 0.15) is 0 Å². The van der Waals surface area contributed by atoms with Crippen LogP contribution in [0.1, 0.15) is 22.3 Å². The van der Waals surface area contributed by atoms with Gasteiger partial charge in [-0.1, -0.05) is 109 Å². The largest absolute Gasteiger partial charge is 0.399 e. The van der Waals surface area contributed by atoms with Crippen LogP contribution in [-0.2, 0) is 5.41 Å². The molecule has 0 amide bonds. The van der Waals surface area contributed by atoms with Crippen molar-refractivity contribution in [1.29, 1.82) is 0 Å². The summed E-state index contributed by atoms with van der Waals surface area (Å²) in [5, 5.41) is 1.07. The third-order valence-corrected chi connectivity index (χ3v) is 7.64. The van der Waals surface area contributed by atoms with Crippen LogP contribution in [0.2, 0.25) is 0 Å². The number of rotatable bonds is 3. The normalized spacial score (nSPS) is 13.4. The van der Waals surface area contributed by atoms with Crippen molar-refractivity contribution in [2.45, 2.75) is 5.41 Å². The Morgan fingerprint density at radius 2 is 1.14 bits per heavy atom. The van der Waals surface area contributed by atoms with Gasteiger partial charge in [0, 0.05) is 16.6 Å². The molecule has 0 aliphatic heterocycles. The second-order valence-corrected chi connectivity index (χ2v) is 9.50. The highest BCUT2D eigenvalue weighted by Gasteiger charge is 2.45. The van der Waals surface area contributed by atoms with Crippen LogP contribution in [-0.4, -0.2) is 4.68 Å². The van der Waals surface area contributed by atoms with E-state index in [0.29, 0.717) is 5.69 Å². The van der Waals surface area contributed by atoms with Crippen LogP contribution >= 0.6 is 0 Å². The van der Waals surface area contributed by atoms with Gasteiger partial charge >= 0.3 is 0 Å². The van der Waals surface area contributed by atoms with Gasteiger partial charge in [0.15, 0.2) is 0 Å². The van der Waals surface area contributed by atoms with Crippen LogP contribution in [0, 0.1) is 0 Å². The van der Waals surface area contributed by atoms with Crippen molar-refractivity contribution in [3.8, 4) is 22.4 Å². The maximum absolute atomic E-state index is 6.50. The van der Waals surface area contributed by atoms with Crippen LogP contribution in [0.5, 0.6) is 0 Å². The molecular formula is C33H25N3. The molecule has 7 rings (SSSR count). The average Bonchev–Trinajstić information content (AvgIpc) is 3.42. The van der Waals surface area contributed by atoms with Gasteiger partial charge in [0.2, 0.25) is 0 Å². The van der Waals surface area contributed by atoms with Gasteiger partial charge in [-0.15, -0.1) is 0 Å². The summed E-state index contributed by atoms with van der Waals surface area (Å²) >= 11 is 0. The van der Waals surface area contributed by atoms with Crippen LogP contribution in [0.3, 0.4) is 0 Å². The van der Waals surface area contributed by atoms with Crippen molar-refractivity contribution in [3.63, 3.8) is 0 Å². The Morgan fingerprint density at radius 3 is 1.81 bits per heavy atom. The van der Waals surface area contributed by atoms with Gasteiger partial charge in [-0.3, -0.25) is 4.68 Å². The van der Waals surface area contributed by atoms with E-state index in [-0.39, 0.29) is 0 Å². The molecule has 0 saturated heterocycles. The van der Waals surface area contributed by atoms with E-state index in [4.69, 9.17) is 11.6 Å². The molecule has 0 unspecified atom stereocenters. The molecule has 0 spiro atoms. The summed E-state index contributed by atoms with van der Waals surface area (Å²) in [7, 11) is 0. The van der Waals surface area contributed by atoms with Gasteiger partial charge < -0.3 is 11.6 Å². The van der Waals surface area contributed by atoms with Gasteiger partial charge in [0.25, 0.3) is 0 Å². The quantitative estimate of drug-likeness (QED) is 0.220.